The van der Waals surface area contributed by atoms with Crippen molar-refractivity contribution in [2.45, 2.75) is 0 Å². The van der Waals surface area contributed by atoms with Crippen molar-refractivity contribution in [1.29, 1.82) is 0 Å². The number of hydrogen-bond acceptors (Lipinski definition) is 4. The molecule has 54 heavy (non-hydrogen) atoms. The second kappa shape index (κ2) is 12.1. The molecular weight excluding hydrogens is 661 g/mol. The minimum absolute atomic E-state index is 0.593. The summed E-state index contributed by atoms with van der Waals surface area (Å²) in [5.74, 6) is 1.85. The van der Waals surface area contributed by atoms with Gasteiger partial charge < -0.3 is 8.98 Å². The van der Waals surface area contributed by atoms with Gasteiger partial charge >= 0.3 is 0 Å². The molecule has 11 rings (SSSR count). The van der Waals surface area contributed by atoms with E-state index in [4.69, 9.17) is 19.4 Å². The summed E-state index contributed by atoms with van der Waals surface area (Å²) >= 11 is 0. The van der Waals surface area contributed by atoms with E-state index in [0.29, 0.717) is 17.5 Å². The Morgan fingerprint density at radius 3 is 1.56 bits per heavy atom. The first-order chi connectivity index (χ1) is 26.8. The maximum absolute atomic E-state index is 6.81. The Morgan fingerprint density at radius 1 is 0.333 bits per heavy atom. The number of furan rings is 1. The standard InChI is InChI=1S/C49H30N4O/c1-4-14-31(15-5-1)34-25-27-42-40(28-34)37-21-12-13-23-41(37)53(42)43-30-45-46(38-22-11-10-20-36(38)43)39-26-24-35(29-44(39)54-45)49-51-47(32-16-6-2-7-17-32)50-48(52-49)33-18-8-3-9-19-33/h1-30H. The van der Waals surface area contributed by atoms with Gasteiger partial charge in [0.2, 0.25) is 0 Å². The molecule has 0 fully saturated rings. The molecule has 5 heteroatoms. The van der Waals surface area contributed by atoms with Gasteiger partial charge in [-0.3, -0.25) is 0 Å². The lowest BCUT2D eigenvalue weighted by atomic mass is 10.0. The molecule has 5 nitrogen and oxygen atoms in total. The fourth-order valence-corrected chi connectivity index (χ4v) is 7.93. The summed E-state index contributed by atoms with van der Waals surface area (Å²) < 4.78 is 9.20. The second-order valence-corrected chi connectivity index (χ2v) is 13.6. The van der Waals surface area contributed by atoms with Crippen LogP contribution in [0.3, 0.4) is 0 Å². The van der Waals surface area contributed by atoms with Crippen molar-refractivity contribution in [2.75, 3.05) is 0 Å². The lowest BCUT2D eigenvalue weighted by Gasteiger charge is -2.13. The highest BCUT2D eigenvalue weighted by molar-refractivity contribution is 6.22. The van der Waals surface area contributed by atoms with Crippen LogP contribution in [0.1, 0.15) is 0 Å². The number of fused-ring (bicyclic) bond motifs is 8. The fraction of sp³-hybridized carbons (Fsp3) is 0. The third-order valence-corrected chi connectivity index (χ3v) is 10.4. The molecule has 0 N–H and O–H groups in total. The molecule has 0 bridgehead atoms. The Labute approximate surface area is 310 Å². The van der Waals surface area contributed by atoms with Crippen LogP contribution < -0.4 is 0 Å². The summed E-state index contributed by atoms with van der Waals surface area (Å²) in [6, 6.07) is 63.3. The number of aromatic nitrogens is 4. The molecule has 0 saturated heterocycles. The molecule has 0 radical (unpaired) electrons. The maximum atomic E-state index is 6.81. The second-order valence-electron chi connectivity index (χ2n) is 13.6. The average Bonchev–Trinajstić information content (AvgIpc) is 3.79. The van der Waals surface area contributed by atoms with Crippen LogP contribution >= 0.6 is 0 Å². The van der Waals surface area contributed by atoms with Gasteiger partial charge in [-0.25, -0.2) is 15.0 Å². The Morgan fingerprint density at radius 2 is 0.870 bits per heavy atom. The first-order valence-corrected chi connectivity index (χ1v) is 18.1. The normalized spacial score (nSPS) is 11.7. The molecule has 0 aliphatic carbocycles. The quantitative estimate of drug-likeness (QED) is 0.180. The van der Waals surface area contributed by atoms with E-state index in [0.717, 1.165) is 66.1 Å². The molecule has 3 heterocycles. The third-order valence-electron chi connectivity index (χ3n) is 10.4. The largest absolute Gasteiger partial charge is 0.456 e. The highest BCUT2D eigenvalue weighted by atomic mass is 16.3. The van der Waals surface area contributed by atoms with Gasteiger partial charge in [0, 0.05) is 49.7 Å². The molecule has 0 saturated carbocycles. The van der Waals surface area contributed by atoms with E-state index in [1.807, 2.05) is 60.7 Å². The van der Waals surface area contributed by atoms with Gasteiger partial charge in [-0.1, -0.05) is 146 Å². The summed E-state index contributed by atoms with van der Waals surface area (Å²) in [5, 5.41) is 6.86. The summed E-state index contributed by atoms with van der Waals surface area (Å²) in [4.78, 5) is 14.8. The molecule has 0 aliphatic rings. The van der Waals surface area contributed by atoms with Crippen molar-refractivity contribution in [3.05, 3.63) is 182 Å². The van der Waals surface area contributed by atoms with Crippen LogP contribution in [-0.2, 0) is 0 Å². The molecule has 252 valence electrons. The maximum Gasteiger partial charge on any atom is 0.164 e. The predicted octanol–water partition coefficient (Wildman–Crippen LogP) is 12.7. The summed E-state index contributed by atoms with van der Waals surface area (Å²) in [6.45, 7) is 0. The van der Waals surface area contributed by atoms with Crippen LogP contribution in [0.15, 0.2) is 186 Å². The molecule has 0 amide bonds. The zero-order valence-corrected chi connectivity index (χ0v) is 29.0. The highest BCUT2D eigenvalue weighted by Gasteiger charge is 2.20. The zero-order valence-electron chi connectivity index (χ0n) is 29.0. The number of rotatable bonds is 5. The Hall–Kier alpha value is -7.37. The topological polar surface area (TPSA) is 56.7 Å². The zero-order chi connectivity index (χ0) is 35.6. The highest BCUT2D eigenvalue weighted by Crippen LogP contribution is 2.42. The minimum Gasteiger partial charge on any atom is -0.456 e. The van der Waals surface area contributed by atoms with Crippen molar-refractivity contribution in [3.8, 4) is 51.0 Å². The fourth-order valence-electron chi connectivity index (χ4n) is 7.93. The first kappa shape index (κ1) is 30.3. The predicted molar refractivity (Wildman–Crippen MR) is 221 cm³/mol. The van der Waals surface area contributed by atoms with Gasteiger partial charge in [-0.15, -0.1) is 0 Å². The number of benzene rings is 8. The molecule has 3 aromatic heterocycles. The van der Waals surface area contributed by atoms with Crippen LogP contribution in [-0.4, -0.2) is 19.5 Å². The van der Waals surface area contributed by atoms with Crippen LogP contribution in [0.5, 0.6) is 0 Å². The van der Waals surface area contributed by atoms with Gasteiger partial charge in [-0.05, 0) is 46.8 Å². The van der Waals surface area contributed by atoms with E-state index in [1.54, 1.807) is 0 Å². The van der Waals surface area contributed by atoms with Crippen LogP contribution in [0, 0.1) is 0 Å². The van der Waals surface area contributed by atoms with Gasteiger partial charge in [-0.2, -0.15) is 0 Å². The van der Waals surface area contributed by atoms with Crippen LogP contribution in [0.25, 0.3) is 105 Å². The Kier molecular flexibility index (Phi) is 6.79. The van der Waals surface area contributed by atoms with E-state index in [-0.39, 0.29) is 0 Å². The molecule has 0 aliphatic heterocycles. The van der Waals surface area contributed by atoms with E-state index >= 15 is 0 Å². The SMILES string of the molecule is c1ccc(-c2ccc3c(c2)c2ccccc2n3-c2cc3oc4cc(-c5nc(-c6ccccc6)nc(-c6ccccc6)n5)ccc4c3c3ccccc23)cc1. The molecule has 0 spiro atoms. The van der Waals surface area contributed by atoms with E-state index in [9.17, 15) is 0 Å². The lowest BCUT2D eigenvalue weighted by molar-refractivity contribution is 0.669. The summed E-state index contributed by atoms with van der Waals surface area (Å²) in [7, 11) is 0. The van der Waals surface area contributed by atoms with Gasteiger partial charge in [0.05, 0.1) is 16.7 Å². The Balaban J connectivity index is 1.12. The van der Waals surface area contributed by atoms with Crippen molar-refractivity contribution in [2.24, 2.45) is 0 Å². The Bertz CT molecular complexity index is 3140. The molecule has 0 atom stereocenters. The van der Waals surface area contributed by atoms with Gasteiger partial charge in [0.15, 0.2) is 17.5 Å². The van der Waals surface area contributed by atoms with Crippen molar-refractivity contribution >= 4 is 54.5 Å². The number of nitrogens with zero attached hydrogens (tertiary/aromatic N) is 4. The number of para-hydroxylation sites is 1. The van der Waals surface area contributed by atoms with Crippen molar-refractivity contribution in [3.63, 3.8) is 0 Å². The smallest absolute Gasteiger partial charge is 0.164 e. The van der Waals surface area contributed by atoms with E-state index < -0.39 is 0 Å². The summed E-state index contributed by atoms with van der Waals surface area (Å²) in [5.41, 5.74) is 10.1. The lowest BCUT2D eigenvalue weighted by Crippen LogP contribution is -2.00. The van der Waals surface area contributed by atoms with Gasteiger partial charge in [0.1, 0.15) is 11.2 Å². The van der Waals surface area contributed by atoms with Crippen LogP contribution in [0.4, 0.5) is 0 Å². The number of hydrogen-bond donors (Lipinski definition) is 0. The molecular formula is C49H30N4O. The molecule has 0 unspecified atom stereocenters. The third kappa shape index (κ3) is 4.83. The minimum atomic E-state index is 0.593. The first-order valence-electron chi connectivity index (χ1n) is 18.1. The monoisotopic (exact) mass is 690 g/mol. The van der Waals surface area contributed by atoms with E-state index in [2.05, 4.69) is 126 Å². The van der Waals surface area contributed by atoms with Gasteiger partial charge in [0.25, 0.3) is 0 Å². The van der Waals surface area contributed by atoms with E-state index in [1.165, 1.54) is 21.9 Å². The summed E-state index contributed by atoms with van der Waals surface area (Å²) in [6.07, 6.45) is 0. The average molecular weight is 691 g/mol. The van der Waals surface area contributed by atoms with Crippen molar-refractivity contribution in [1.82, 2.24) is 19.5 Å². The molecule has 8 aromatic carbocycles. The molecule has 11 aromatic rings. The van der Waals surface area contributed by atoms with Crippen LogP contribution in [0.2, 0.25) is 0 Å². The van der Waals surface area contributed by atoms with Crippen molar-refractivity contribution < 1.29 is 4.42 Å².